The van der Waals surface area contributed by atoms with Crippen molar-refractivity contribution in [3.05, 3.63) is 52.1 Å². The lowest BCUT2D eigenvalue weighted by molar-refractivity contribution is -0.138. The number of aryl methyl sites for hydroxylation is 2. The van der Waals surface area contributed by atoms with Crippen LogP contribution in [0.25, 0.3) is 0 Å². The van der Waals surface area contributed by atoms with Gasteiger partial charge in [0.2, 0.25) is 11.9 Å². The minimum absolute atomic E-state index is 0.116. The number of nitrogens with zero attached hydrogens (tertiary/aromatic N) is 4. The van der Waals surface area contributed by atoms with E-state index in [4.69, 9.17) is 11.6 Å². The Hall–Kier alpha value is -3.24. The number of carbonyl (C=O) groups is 1. The number of likely N-dealkylation sites (tertiary alicyclic amines) is 1. The van der Waals surface area contributed by atoms with Crippen LogP contribution in [0.5, 0.6) is 0 Å². The van der Waals surface area contributed by atoms with Gasteiger partial charge in [-0.05, 0) is 55.9 Å². The number of hydrogen-bond donors (Lipinski definition) is 4. The molecule has 35 heavy (non-hydrogen) atoms. The number of carbonyl (C=O) groups excluding carboxylic acids is 1. The minimum Gasteiger partial charge on any atom is -0.342 e. The highest BCUT2D eigenvalue weighted by Crippen LogP contribution is 2.34. The topological polar surface area (TPSA) is 111 Å². The molecule has 11 heteroatoms. The minimum atomic E-state index is -0.374. The number of piperidine rings is 1. The van der Waals surface area contributed by atoms with E-state index in [1.165, 1.54) is 6.20 Å². The molecule has 0 atom stereocenters. The average molecular weight is 499 g/mol. The van der Waals surface area contributed by atoms with Crippen molar-refractivity contribution >= 4 is 40.8 Å². The standard InChI is InChI=1S/C24H28ClFN8O/c1-13-7-20(29-24-28-12-18(25)22(31-24)30-21-8-14(2)32-33-21)19(26)9-17(13)15-3-5-34(6-4-15)23(35)16-10-27-11-16/h7-9,12,15-16,27H,3-6,10-11H2,1-2H3,(H3,28,29,30,31,32,33). The fourth-order valence-corrected chi connectivity index (χ4v) is 4.74. The maximum absolute atomic E-state index is 15.1. The zero-order chi connectivity index (χ0) is 24.5. The summed E-state index contributed by atoms with van der Waals surface area (Å²) in [5, 5.41) is 16.4. The Bertz CT molecular complexity index is 1240. The van der Waals surface area contributed by atoms with E-state index in [0.29, 0.717) is 35.4 Å². The molecule has 2 aliphatic rings. The second-order valence-corrected chi connectivity index (χ2v) is 9.63. The monoisotopic (exact) mass is 498 g/mol. The van der Waals surface area contributed by atoms with Gasteiger partial charge >= 0.3 is 0 Å². The summed E-state index contributed by atoms with van der Waals surface area (Å²) in [5.41, 5.74) is 3.15. The lowest BCUT2D eigenvalue weighted by atomic mass is 9.86. The summed E-state index contributed by atoms with van der Waals surface area (Å²) >= 11 is 6.22. The van der Waals surface area contributed by atoms with Gasteiger partial charge in [0.25, 0.3) is 0 Å². The first-order valence-electron chi connectivity index (χ1n) is 11.8. The van der Waals surface area contributed by atoms with Crippen LogP contribution < -0.4 is 16.0 Å². The molecule has 5 rings (SSSR count). The predicted molar refractivity (Wildman–Crippen MR) is 133 cm³/mol. The summed E-state index contributed by atoms with van der Waals surface area (Å²) in [6, 6.07) is 5.19. The van der Waals surface area contributed by atoms with E-state index >= 15 is 4.39 Å². The quantitative estimate of drug-likeness (QED) is 0.406. The number of nitrogens with one attached hydrogen (secondary N) is 4. The second-order valence-electron chi connectivity index (χ2n) is 9.22. The molecule has 2 saturated heterocycles. The highest BCUT2D eigenvalue weighted by atomic mass is 35.5. The maximum atomic E-state index is 15.1. The number of rotatable bonds is 6. The van der Waals surface area contributed by atoms with E-state index in [1.807, 2.05) is 24.8 Å². The van der Waals surface area contributed by atoms with Crippen molar-refractivity contribution < 1.29 is 9.18 Å². The van der Waals surface area contributed by atoms with Crippen LogP contribution in [0.3, 0.4) is 0 Å². The van der Waals surface area contributed by atoms with Gasteiger partial charge in [-0.15, -0.1) is 0 Å². The van der Waals surface area contributed by atoms with E-state index in [-0.39, 0.29) is 29.5 Å². The molecule has 9 nitrogen and oxygen atoms in total. The molecular weight excluding hydrogens is 471 g/mol. The van der Waals surface area contributed by atoms with Crippen LogP contribution in [0.2, 0.25) is 5.02 Å². The lowest BCUT2D eigenvalue weighted by Crippen LogP contribution is -2.53. The molecule has 0 saturated carbocycles. The van der Waals surface area contributed by atoms with Crippen LogP contribution >= 0.6 is 11.6 Å². The molecule has 0 bridgehead atoms. The Labute approximate surface area is 207 Å². The normalized spacial score (nSPS) is 16.7. The van der Waals surface area contributed by atoms with Gasteiger partial charge in [-0.2, -0.15) is 10.1 Å². The van der Waals surface area contributed by atoms with Crippen molar-refractivity contribution in [2.75, 3.05) is 36.8 Å². The summed E-state index contributed by atoms with van der Waals surface area (Å²) in [5.74, 6) is 1.35. The van der Waals surface area contributed by atoms with Crippen LogP contribution in [0.1, 0.15) is 35.6 Å². The summed E-state index contributed by atoms with van der Waals surface area (Å²) in [6.45, 7) is 6.84. The lowest BCUT2D eigenvalue weighted by Gasteiger charge is -2.37. The third-order valence-electron chi connectivity index (χ3n) is 6.68. The van der Waals surface area contributed by atoms with Crippen LogP contribution in [-0.2, 0) is 4.79 Å². The summed E-state index contributed by atoms with van der Waals surface area (Å²) in [7, 11) is 0. The van der Waals surface area contributed by atoms with Crippen LogP contribution in [0.15, 0.2) is 24.4 Å². The first-order valence-corrected chi connectivity index (χ1v) is 12.1. The van der Waals surface area contributed by atoms with E-state index in [9.17, 15) is 4.79 Å². The van der Waals surface area contributed by atoms with E-state index in [1.54, 1.807) is 12.1 Å². The molecule has 3 aromatic rings. The van der Waals surface area contributed by atoms with Gasteiger partial charge in [-0.3, -0.25) is 9.89 Å². The molecule has 184 valence electrons. The van der Waals surface area contributed by atoms with Gasteiger partial charge in [0.1, 0.15) is 10.8 Å². The number of aromatic amines is 1. The molecule has 1 aromatic carbocycles. The van der Waals surface area contributed by atoms with E-state index in [0.717, 1.165) is 42.8 Å². The molecule has 0 radical (unpaired) electrons. The second kappa shape index (κ2) is 9.79. The Morgan fingerprint density at radius 1 is 1.17 bits per heavy atom. The molecule has 0 spiro atoms. The summed E-state index contributed by atoms with van der Waals surface area (Å²) in [6.07, 6.45) is 3.12. The molecule has 4 heterocycles. The van der Waals surface area contributed by atoms with Crippen LogP contribution in [0, 0.1) is 25.6 Å². The zero-order valence-corrected chi connectivity index (χ0v) is 20.4. The Morgan fingerprint density at radius 3 is 2.60 bits per heavy atom. The van der Waals surface area contributed by atoms with Crippen molar-refractivity contribution in [1.29, 1.82) is 0 Å². The van der Waals surface area contributed by atoms with Gasteiger partial charge in [0, 0.05) is 37.9 Å². The Kier molecular flexibility index (Phi) is 6.57. The molecule has 1 amide bonds. The van der Waals surface area contributed by atoms with E-state index < -0.39 is 0 Å². The average Bonchev–Trinajstić information content (AvgIpc) is 3.21. The molecular formula is C24H28ClFN8O. The van der Waals surface area contributed by atoms with Gasteiger partial charge in [-0.25, -0.2) is 9.37 Å². The number of halogens is 2. The SMILES string of the molecule is Cc1cc(Nc2nc(Nc3cc(C)c(C4CCN(C(=O)C5CNC5)CC4)cc3F)ncc2Cl)n[nH]1. The smallest absolute Gasteiger partial charge is 0.229 e. The molecule has 4 N–H and O–H groups in total. The third-order valence-corrected chi connectivity index (χ3v) is 6.95. The number of aromatic nitrogens is 4. The summed E-state index contributed by atoms with van der Waals surface area (Å²) in [4.78, 5) is 23.0. The largest absolute Gasteiger partial charge is 0.342 e. The maximum Gasteiger partial charge on any atom is 0.229 e. The van der Waals surface area contributed by atoms with Crippen molar-refractivity contribution in [1.82, 2.24) is 30.4 Å². The molecule has 2 aliphatic heterocycles. The first-order chi connectivity index (χ1) is 16.9. The number of benzene rings is 1. The number of H-pyrrole nitrogens is 1. The van der Waals surface area contributed by atoms with Crippen LogP contribution in [0.4, 0.5) is 27.7 Å². The van der Waals surface area contributed by atoms with E-state index in [2.05, 4.69) is 36.1 Å². The van der Waals surface area contributed by atoms with Gasteiger partial charge < -0.3 is 20.9 Å². The predicted octanol–water partition coefficient (Wildman–Crippen LogP) is 4.02. The highest BCUT2D eigenvalue weighted by Gasteiger charge is 2.32. The fraction of sp³-hybridized carbons (Fsp3) is 0.417. The number of amides is 1. The number of hydrogen-bond acceptors (Lipinski definition) is 7. The fourth-order valence-electron chi connectivity index (χ4n) is 4.60. The van der Waals surface area contributed by atoms with Crippen molar-refractivity contribution in [3.8, 4) is 0 Å². The van der Waals surface area contributed by atoms with Crippen molar-refractivity contribution in [2.24, 2.45) is 5.92 Å². The van der Waals surface area contributed by atoms with Gasteiger partial charge in [0.05, 0.1) is 17.8 Å². The highest BCUT2D eigenvalue weighted by molar-refractivity contribution is 6.32. The van der Waals surface area contributed by atoms with Crippen molar-refractivity contribution in [3.63, 3.8) is 0 Å². The molecule has 2 aromatic heterocycles. The molecule has 0 unspecified atom stereocenters. The summed E-state index contributed by atoms with van der Waals surface area (Å²) < 4.78 is 15.1. The number of anilines is 4. The zero-order valence-electron chi connectivity index (χ0n) is 19.7. The molecule has 2 fully saturated rings. The van der Waals surface area contributed by atoms with Gasteiger partial charge in [0.15, 0.2) is 11.6 Å². The van der Waals surface area contributed by atoms with Crippen LogP contribution in [-0.4, -0.2) is 57.2 Å². The Morgan fingerprint density at radius 2 is 1.94 bits per heavy atom. The third kappa shape index (κ3) is 5.08. The van der Waals surface area contributed by atoms with Crippen molar-refractivity contribution in [2.45, 2.75) is 32.6 Å². The Balaban J connectivity index is 1.27. The van der Waals surface area contributed by atoms with Gasteiger partial charge in [-0.1, -0.05) is 11.6 Å². The molecule has 0 aliphatic carbocycles. The first kappa shape index (κ1) is 23.5.